The van der Waals surface area contributed by atoms with Crippen LogP contribution in [0.5, 0.6) is 17.2 Å². The zero-order chi connectivity index (χ0) is 20.6. The van der Waals surface area contributed by atoms with Gasteiger partial charge in [-0.15, -0.1) is 0 Å². The highest BCUT2D eigenvalue weighted by Crippen LogP contribution is 2.27. The maximum absolute atomic E-state index is 12.7. The van der Waals surface area contributed by atoms with E-state index >= 15 is 0 Å². The number of amides is 1. The Hall–Kier alpha value is -3.48. The Morgan fingerprint density at radius 1 is 1.14 bits per heavy atom. The molecule has 0 aliphatic carbocycles. The molecule has 7 heteroatoms. The number of nitrogens with one attached hydrogen (secondary N) is 1. The molecule has 29 heavy (non-hydrogen) atoms. The lowest BCUT2D eigenvalue weighted by atomic mass is 10.1. The molecular formula is C22H25N3O4. The lowest BCUT2D eigenvalue weighted by molar-refractivity contribution is -0.123. The molecule has 1 aromatic heterocycles. The van der Waals surface area contributed by atoms with E-state index in [1.54, 1.807) is 19.4 Å². The third-order valence-corrected chi connectivity index (χ3v) is 4.36. The van der Waals surface area contributed by atoms with Crippen molar-refractivity contribution in [2.45, 2.75) is 13.0 Å². The van der Waals surface area contributed by atoms with Crippen LogP contribution in [0.25, 0.3) is 0 Å². The second-order valence-corrected chi connectivity index (χ2v) is 6.34. The summed E-state index contributed by atoms with van der Waals surface area (Å²) in [6.45, 7) is 2.27. The molecule has 2 aromatic carbocycles. The van der Waals surface area contributed by atoms with Crippen molar-refractivity contribution in [3.8, 4) is 17.2 Å². The summed E-state index contributed by atoms with van der Waals surface area (Å²) in [5.74, 6) is 2.28. The van der Waals surface area contributed by atoms with Gasteiger partial charge in [0.2, 0.25) is 0 Å². The van der Waals surface area contributed by atoms with Crippen LogP contribution < -0.4 is 19.5 Å². The van der Waals surface area contributed by atoms with E-state index in [1.807, 2.05) is 67.2 Å². The third kappa shape index (κ3) is 5.07. The zero-order valence-electron chi connectivity index (χ0n) is 16.8. The molecule has 0 aliphatic rings. The Bertz CT molecular complexity index is 954. The number of para-hydroxylation sites is 2. The molecule has 1 N–H and O–H groups in total. The molecule has 0 radical (unpaired) electrons. The number of methoxy groups -OCH3 is 1. The first-order chi connectivity index (χ1) is 14.1. The first-order valence-corrected chi connectivity index (χ1v) is 9.37. The molecule has 0 aliphatic heterocycles. The number of carbonyl (C=O) groups excluding carboxylic acids is 1. The molecular weight excluding hydrogens is 370 g/mol. The van der Waals surface area contributed by atoms with E-state index in [0.29, 0.717) is 29.7 Å². The molecule has 0 fully saturated rings. The van der Waals surface area contributed by atoms with Gasteiger partial charge in [-0.1, -0.05) is 24.3 Å². The molecule has 3 rings (SSSR count). The largest absolute Gasteiger partial charge is 0.497 e. The van der Waals surface area contributed by atoms with Crippen molar-refractivity contribution in [1.29, 1.82) is 0 Å². The quantitative estimate of drug-likeness (QED) is 0.603. The van der Waals surface area contributed by atoms with Crippen molar-refractivity contribution in [3.05, 3.63) is 72.3 Å². The van der Waals surface area contributed by atoms with Crippen LogP contribution in [-0.2, 0) is 11.8 Å². The number of aryl methyl sites for hydroxylation is 1. The summed E-state index contributed by atoms with van der Waals surface area (Å²) < 4.78 is 18.4. The van der Waals surface area contributed by atoms with Crippen LogP contribution in [0.15, 0.2) is 60.9 Å². The van der Waals surface area contributed by atoms with Gasteiger partial charge in [-0.05, 0) is 36.8 Å². The van der Waals surface area contributed by atoms with Crippen molar-refractivity contribution in [1.82, 2.24) is 14.9 Å². The molecule has 7 nitrogen and oxygen atoms in total. The van der Waals surface area contributed by atoms with Crippen LogP contribution >= 0.6 is 0 Å². The Balaban J connectivity index is 1.76. The normalized spacial score (nSPS) is 11.6. The maximum Gasteiger partial charge on any atom is 0.258 e. The number of hydrogen-bond acceptors (Lipinski definition) is 5. The molecule has 1 unspecified atom stereocenters. The Labute approximate surface area is 170 Å². The minimum atomic E-state index is -0.441. The van der Waals surface area contributed by atoms with Gasteiger partial charge in [0.05, 0.1) is 13.7 Å². The van der Waals surface area contributed by atoms with Gasteiger partial charge < -0.3 is 24.1 Å². The zero-order valence-corrected chi connectivity index (χ0v) is 16.8. The van der Waals surface area contributed by atoms with Crippen molar-refractivity contribution in [2.75, 3.05) is 20.3 Å². The average Bonchev–Trinajstić information content (AvgIpc) is 3.17. The van der Waals surface area contributed by atoms with Gasteiger partial charge in [-0.25, -0.2) is 4.98 Å². The molecule has 1 atom stereocenters. The summed E-state index contributed by atoms with van der Waals surface area (Å²) in [6.07, 6.45) is 3.53. The molecule has 1 heterocycles. The van der Waals surface area contributed by atoms with Crippen LogP contribution in [0.2, 0.25) is 0 Å². The van der Waals surface area contributed by atoms with Crippen molar-refractivity contribution >= 4 is 5.91 Å². The Morgan fingerprint density at radius 3 is 2.55 bits per heavy atom. The molecule has 3 aromatic rings. The number of hydrogen-bond donors (Lipinski definition) is 1. The standard InChI is InChI=1S/C22H25N3O4/c1-4-28-18-10-5-6-11-19(18)29-15-20(26)24-21(22-23-12-13-25(22)2)16-8-7-9-17(14-16)27-3/h5-14,21H,4,15H2,1-3H3,(H,24,26). The van der Waals surface area contributed by atoms with Gasteiger partial charge >= 0.3 is 0 Å². The first kappa shape index (κ1) is 20.3. The maximum atomic E-state index is 12.7. The number of carbonyl (C=O) groups is 1. The van der Waals surface area contributed by atoms with Crippen LogP contribution in [-0.4, -0.2) is 35.8 Å². The minimum Gasteiger partial charge on any atom is -0.497 e. The molecule has 0 bridgehead atoms. The van der Waals surface area contributed by atoms with E-state index in [-0.39, 0.29) is 12.5 Å². The van der Waals surface area contributed by atoms with Crippen LogP contribution in [0.1, 0.15) is 24.4 Å². The fourth-order valence-corrected chi connectivity index (χ4v) is 2.96. The summed E-state index contributed by atoms with van der Waals surface area (Å²) in [7, 11) is 3.49. The summed E-state index contributed by atoms with van der Waals surface area (Å²) in [5.41, 5.74) is 0.863. The van der Waals surface area contributed by atoms with Gasteiger partial charge in [0, 0.05) is 19.4 Å². The number of nitrogens with zero attached hydrogens (tertiary/aromatic N) is 2. The van der Waals surface area contributed by atoms with E-state index in [2.05, 4.69) is 10.3 Å². The second kappa shape index (κ2) is 9.64. The molecule has 0 saturated carbocycles. The monoisotopic (exact) mass is 395 g/mol. The number of imidazole rings is 1. The van der Waals surface area contributed by atoms with Crippen molar-refractivity contribution in [3.63, 3.8) is 0 Å². The van der Waals surface area contributed by atoms with Crippen molar-refractivity contribution in [2.24, 2.45) is 7.05 Å². The summed E-state index contributed by atoms with van der Waals surface area (Å²) in [4.78, 5) is 17.1. The van der Waals surface area contributed by atoms with E-state index < -0.39 is 6.04 Å². The summed E-state index contributed by atoms with van der Waals surface area (Å²) in [5, 5.41) is 3.01. The highest BCUT2D eigenvalue weighted by Gasteiger charge is 2.21. The third-order valence-electron chi connectivity index (χ3n) is 4.36. The van der Waals surface area contributed by atoms with E-state index in [0.717, 1.165) is 5.56 Å². The van der Waals surface area contributed by atoms with Crippen LogP contribution in [0.3, 0.4) is 0 Å². The minimum absolute atomic E-state index is 0.144. The predicted molar refractivity (Wildman–Crippen MR) is 109 cm³/mol. The van der Waals surface area contributed by atoms with Gasteiger partial charge in [-0.2, -0.15) is 0 Å². The van der Waals surface area contributed by atoms with Gasteiger partial charge in [-0.3, -0.25) is 4.79 Å². The van der Waals surface area contributed by atoms with E-state index in [4.69, 9.17) is 14.2 Å². The van der Waals surface area contributed by atoms with Gasteiger partial charge in [0.25, 0.3) is 5.91 Å². The molecule has 152 valence electrons. The van der Waals surface area contributed by atoms with Crippen molar-refractivity contribution < 1.29 is 19.0 Å². The van der Waals surface area contributed by atoms with Gasteiger partial charge in [0.15, 0.2) is 18.1 Å². The van der Waals surface area contributed by atoms with E-state index in [9.17, 15) is 4.79 Å². The number of ether oxygens (including phenoxy) is 3. The highest BCUT2D eigenvalue weighted by molar-refractivity contribution is 5.78. The number of aromatic nitrogens is 2. The lowest BCUT2D eigenvalue weighted by Crippen LogP contribution is -2.34. The highest BCUT2D eigenvalue weighted by atomic mass is 16.5. The Kier molecular flexibility index (Phi) is 6.73. The SMILES string of the molecule is CCOc1ccccc1OCC(=O)NC(c1cccc(OC)c1)c1nccn1C. The number of benzene rings is 2. The number of rotatable bonds is 9. The fourth-order valence-electron chi connectivity index (χ4n) is 2.96. The topological polar surface area (TPSA) is 74.6 Å². The predicted octanol–water partition coefficient (Wildman–Crippen LogP) is 3.11. The van der Waals surface area contributed by atoms with Crippen LogP contribution in [0.4, 0.5) is 0 Å². The second-order valence-electron chi connectivity index (χ2n) is 6.34. The smallest absolute Gasteiger partial charge is 0.258 e. The molecule has 1 amide bonds. The lowest BCUT2D eigenvalue weighted by Gasteiger charge is -2.20. The fraction of sp³-hybridized carbons (Fsp3) is 0.273. The average molecular weight is 395 g/mol. The Morgan fingerprint density at radius 2 is 1.90 bits per heavy atom. The summed E-state index contributed by atoms with van der Waals surface area (Å²) >= 11 is 0. The van der Waals surface area contributed by atoms with Gasteiger partial charge in [0.1, 0.15) is 17.6 Å². The van der Waals surface area contributed by atoms with E-state index in [1.165, 1.54) is 0 Å². The summed E-state index contributed by atoms with van der Waals surface area (Å²) in [6, 6.07) is 14.4. The first-order valence-electron chi connectivity index (χ1n) is 9.37. The molecule has 0 saturated heterocycles. The van der Waals surface area contributed by atoms with Crippen LogP contribution in [0, 0.1) is 0 Å². The molecule has 0 spiro atoms.